The Balaban J connectivity index is 1.84. The smallest absolute Gasteiger partial charge is 0.282 e. The van der Waals surface area contributed by atoms with E-state index < -0.39 is 36.2 Å². The largest absolute Gasteiger partial charge is 0.321 e. The van der Waals surface area contributed by atoms with E-state index in [1.807, 2.05) is 0 Å². The first-order valence-electron chi connectivity index (χ1n) is 9.44. The minimum Gasteiger partial charge on any atom is -0.321 e. The third kappa shape index (κ3) is 4.91. The number of alkyl halides is 4. The fourth-order valence-corrected chi connectivity index (χ4v) is 3.66. The Hall–Kier alpha value is -2.59. The van der Waals surface area contributed by atoms with Crippen molar-refractivity contribution in [2.45, 2.75) is 46.2 Å². The molecule has 0 bridgehead atoms. The van der Waals surface area contributed by atoms with Crippen LogP contribution < -0.4 is 5.32 Å². The van der Waals surface area contributed by atoms with Gasteiger partial charge in [0.05, 0.1) is 23.6 Å². The molecule has 12 heteroatoms. The monoisotopic (exact) mass is 491 g/mol. The van der Waals surface area contributed by atoms with Crippen LogP contribution in [0.4, 0.5) is 23.2 Å². The van der Waals surface area contributed by atoms with Crippen molar-refractivity contribution in [3.05, 3.63) is 62.6 Å². The number of nitrogens with one attached hydrogen (secondary N) is 1. The Morgan fingerprint density at radius 2 is 1.78 bits per heavy atom. The van der Waals surface area contributed by atoms with Crippen molar-refractivity contribution in [2.75, 3.05) is 5.32 Å². The quantitative estimate of drug-likeness (QED) is 0.404. The van der Waals surface area contributed by atoms with E-state index in [9.17, 15) is 22.4 Å². The highest BCUT2D eigenvalue weighted by Crippen LogP contribution is 2.29. The third-order valence-corrected chi connectivity index (χ3v) is 5.53. The van der Waals surface area contributed by atoms with Crippen LogP contribution >= 0.6 is 23.2 Å². The fraction of sp³-hybridized carbons (Fsp3) is 0.350. The van der Waals surface area contributed by atoms with E-state index in [0.29, 0.717) is 44.4 Å². The van der Waals surface area contributed by atoms with Crippen LogP contribution in [0.15, 0.2) is 24.3 Å². The van der Waals surface area contributed by atoms with Crippen LogP contribution in [-0.4, -0.2) is 25.5 Å². The molecule has 0 saturated heterocycles. The molecule has 0 saturated carbocycles. The van der Waals surface area contributed by atoms with E-state index in [1.54, 1.807) is 36.7 Å². The Kier molecular flexibility index (Phi) is 7.14. The Morgan fingerprint density at radius 3 is 2.38 bits per heavy atom. The van der Waals surface area contributed by atoms with Crippen molar-refractivity contribution in [2.24, 2.45) is 0 Å². The topological polar surface area (TPSA) is 64.7 Å². The van der Waals surface area contributed by atoms with Gasteiger partial charge in [0.15, 0.2) is 0 Å². The van der Waals surface area contributed by atoms with Crippen LogP contribution in [0, 0.1) is 13.8 Å². The molecule has 1 amide bonds. The predicted molar refractivity (Wildman–Crippen MR) is 113 cm³/mol. The molecule has 0 radical (unpaired) electrons. The summed E-state index contributed by atoms with van der Waals surface area (Å²) in [5, 5.41) is 11.5. The van der Waals surface area contributed by atoms with Gasteiger partial charge >= 0.3 is 0 Å². The molecule has 172 valence electrons. The van der Waals surface area contributed by atoms with Gasteiger partial charge in [-0.2, -0.15) is 10.2 Å². The predicted octanol–water partition coefficient (Wildman–Crippen LogP) is 6.13. The highest BCUT2D eigenvalue weighted by atomic mass is 35.5. The van der Waals surface area contributed by atoms with Gasteiger partial charge in [0.2, 0.25) is 5.91 Å². The van der Waals surface area contributed by atoms with Crippen molar-refractivity contribution in [1.82, 2.24) is 19.6 Å². The number of aromatic nitrogens is 4. The summed E-state index contributed by atoms with van der Waals surface area (Å²) in [4.78, 5) is 12.8. The Morgan fingerprint density at radius 1 is 1.09 bits per heavy atom. The first-order valence-corrected chi connectivity index (χ1v) is 10.2. The minimum atomic E-state index is -3.07. The summed E-state index contributed by atoms with van der Waals surface area (Å²) in [6, 6.07) is 4.39. The van der Waals surface area contributed by atoms with E-state index in [4.69, 9.17) is 23.2 Å². The lowest BCUT2D eigenvalue weighted by atomic mass is 10.2. The summed E-state index contributed by atoms with van der Waals surface area (Å²) in [6.07, 6.45) is -6.10. The molecule has 32 heavy (non-hydrogen) atoms. The van der Waals surface area contributed by atoms with Gasteiger partial charge in [-0.05, 0) is 44.5 Å². The molecule has 1 aromatic carbocycles. The van der Waals surface area contributed by atoms with Gasteiger partial charge in [0.1, 0.15) is 17.4 Å². The maximum atomic E-state index is 13.3. The lowest BCUT2D eigenvalue weighted by molar-refractivity contribution is -0.119. The molecule has 0 fully saturated rings. The second kappa shape index (κ2) is 9.50. The van der Waals surface area contributed by atoms with Gasteiger partial charge < -0.3 is 5.32 Å². The molecule has 0 aliphatic heterocycles. The average Bonchev–Trinajstić information content (AvgIpc) is 3.27. The average molecular weight is 492 g/mol. The van der Waals surface area contributed by atoms with Gasteiger partial charge in [-0.25, -0.2) is 17.6 Å². The third-order valence-electron chi connectivity index (χ3n) is 4.94. The lowest BCUT2D eigenvalue weighted by Crippen LogP contribution is -2.26. The number of amides is 1. The van der Waals surface area contributed by atoms with Crippen molar-refractivity contribution < 1.29 is 22.4 Å². The van der Waals surface area contributed by atoms with Gasteiger partial charge in [0.25, 0.3) is 12.9 Å². The molecule has 1 N–H and O–H groups in total. The van der Waals surface area contributed by atoms with Gasteiger partial charge in [-0.1, -0.05) is 29.3 Å². The number of hydrogen-bond donors (Lipinski definition) is 1. The number of benzene rings is 1. The Bertz CT molecular complexity index is 1150. The normalized spacial score (nSPS) is 12.6. The van der Waals surface area contributed by atoms with E-state index in [-0.39, 0.29) is 0 Å². The van der Waals surface area contributed by atoms with Crippen molar-refractivity contribution in [3.63, 3.8) is 0 Å². The summed E-state index contributed by atoms with van der Waals surface area (Å²) in [5.74, 6) is -0.703. The Labute approximate surface area is 191 Å². The maximum absolute atomic E-state index is 13.3. The molecular weight excluding hydrogens is 473 g/mol. The molecule has 6 nitrogen and oxygen atoms in total. The number of hydrogen-bond acceptors (Lipinski definition) is 3. The van der Waals surface area contributed by atoms with Gasteiger partial charge in [-0.15, -0.1) is 0 Å². The zero-order chi connectivity index (χ0) is 23.7. The highest BCUT2D eigenvalue weighted by molar-refractivity contribution is 6.35. The zero-order valence-electron chi connectivity index (χ0n) is 17.2. The number of nitrogens with zero attached hydrogens (tertiary/aromatic N) is 4. The van der Waals surface area contributed by atoms with Crippen molar-refractivity contribution in [1.29, 1.82) is 0 Å². The number of anilines is 1. The van der Waals surface area contributed by atoms with E-state index in [1.165, 1.54) is 6.92 Å². The second-order valence-electron chi connectivity index (χ2n) is 7.14. The van der Waals surface area contributed by atoms with Crippen LogP contribution in [0.2, 0.25) is 10.0 Å². The molecule has 1 atom stereocenters. The molecule has 3 rings (SSSR count). The van der Waals surface area contributed by atoms with Crippen LogP contribution in [0.3, 0.4) is 0 Å². The number of carbonyl (C=O) groups excluding carboxylic acids is 1. The number of carbonyl (C=O) groups is 1. The molecule has 0 aliphatic carbocycles. The number of halogens is 6. The summed E-state index contributed by atoms with van der Waals surface area (Å²) in [6.45, 7) is 4.99. The van der Waals surface area contributed by atoms with Crippen LogP contribution in [0.1, 0.15) is 54.2 Å². The summed E-state index contributed by atoms with van der Waals surface area (Å²) >= 11 is 12.1. The molecule has 2 heterocycles. The summed E-state index contributed by atoms with van der Waals surface area (Å²) in [5.41, 5.74) is 0.634. The molecule has 0 spiro atoms. The lowest BCUT2D eigenvalue weighted by Gasteiger charge is -2.16. The first-order chi connectivity index (χ1) is 15.0. The maximum Gasteiger partial charge on any atom is 0.282 e. The highest BCUT2D eigenvalue weighted by Gasteiger charge is 2.28. The van der Waals surface area contributed by atoms with Crippen molar-refractivity contribution in [3.8, 4) is 0 Å². The van der Waals surface area contributed by atoms with E-state index in [0.717, 1.165) is 5.56 Å². The van der Waals surface area contributed by atoms with Gasteiger partial charge in [-0.3, -0.25) is 14.2 Å². The van der Waals surface area contributed by atoms with Gasteiger partial charge in [0, 0.05) is 10.0 Å². The first kappa shape index (κ1) is 24.1. The molecular formula is C20H19Cl2F4N5O. The van der Waals surface area contributed by atoms with Crippen molar-refractivity contribution >= 4 is 34.8 Å². The van der Waals surface area contributed by atoms with E-state index in [2.05, 4.69) is 15.5 Å². The molecule has 0 aliphatic rings. The standard InChI is InChI=1S/C20H19Cl2F4N5O/c1-9-17(10(2)30(28-9)8-12-4-5-13(21)6-14(12)22)27-20(32)11(3)31-16(19(25)26)7-15(29-31)18(23)24/h4-7,11,18-19H,8H2,1-3H3,(H,27,32). The molecule has 1 unspecified atom stereocenters. The fourth-order valence-electron chi connectivity index (χ4n) is 3.19. The number of rotatable bonds is 7. The summed E-state index contributed by atoms with van der Waals surface area (Å²) in [7, 11) is 0. The SMILES string of the molecule is Cc1nn(Cc2ccc(Cl)cc2Cl)c(C)c1NC(=O)C(C)n1nc(C(F)F)cc1C(F)F. The molecule has 2 aromatic heterocycles. The van der Waals surface area contributed by atoms with Crippen LogP contribution in [-0.2, 0) is 11.3 Å². The molecule has 3 aromatic rings. The van der Waals surface area contributed by atoms with Crippen LogP contribution in [0.25, 0.3) is 0 Å². The zero-order valence-corrected chi connectivity index (χ0v) is 18.7. The second-order valence-corrected chi connectivity index (χ2v) is 7.99. The minimum absolute atomic E-state index is 0.306. The summed E-state index contributed by atoms with van der Waals surface area (Å²) < 4.78 is 54.6. The van der Waals surface area contributed by atoms with E-state index >= 15 is 0 Å². The van der Waals surface area contributed by atoms with Crippen LogP contribution in [0.5, 0.6) is 0 Å². The number of aryl methyl sites for hydroxylation is 1.